The molecule has 0 fully saturated rings. The van der Waals surface area contributed by atoms with Crippen molar-refractivity contribution >= 4 is 44.9 Å². The van der Waals surface area contributed by atoms with Gasteiger partial charge >= 0.3 is 0 Å². The van der Waals surface area contributed by atoms with E-state index in [2.05, 4.69) is 271 Å². The number of nitrogens with zero attached hydrogens (tertiary/aromatic N) is 2. The molecule has 0 atom stereocenters. The largest absolute Gasteiger partial charge is 0.310 e. The van der Waals surface area contributed by atoms with Gasteiger partial charge in [-0.25, -0.2) is 0 Å². The van der Waals surface area contributed by atoms with Crippen LogP contribution in [0.3, 0.4) is 0 Å². The number of rotatable bonds is 6. The van der Waals surface area contributed by atoms with Crippen molar-refractivity contribution in [1.29, 1.82) is 0 Å². The molecule has 0 aromatic heterocycles. The highest BCUT2D eigenvalue weighted by molar-refractivity contribution is 6.00. The van der Waals surface area contributed by atoms with Crippen LogP contribution in [-0.4, -0.2) is 0 Å². The molecule has 0 aliphatic heterocycles. The van der Waals surface area contributed by atoms with Crippen molar-refractivity contribution in [2.24, 2.45) is 0 Å². The molecule has 0 unspecified atom stereocenters. The highest BCUT2D eigenvalue weighted by Crippen LogP contribution is 2.57. The van der Waals surface area contributed by atoms with Crippen molar-refractivity contribution in [2.75, 3.05) is 9.80 Å². The highest BCUT2D eigenvalue weighted by atomic mass is 15.1. The fourth-order valence-electron chi connectivity index (χ4n) is 13.8. The Morgan fingerprint density at radius 3 is 0.889 bits per heavy atom. The number of benzene rings is 10. The van der Waals surface area contributed by atoms with Crippen LogP contribution >= 0.6 is 0 Å². The molecule has 0 saturated carbocycles. The maximum absolute atomic E-state index is 2.53. The van der Waals surface area contributed by atoms with E-state index in [-0.39, 0.29) is 21.7 Å². The van der Waals surface area contributed by atoms with Crippen molar-refractivity contribution in [3.8, 4) is 44.5 Å². The highest BCUT2D eigenvalue weighted by Gasteiger charge is 2.41. The van der Waals surface area contributed by atoms with Crippen molar-refractivity contribution < 1.29 is 0 Å². The van der Waals surface area contributed by atoms with Crippen LogP contribution in [0.15, 0.2) is 206 Å². The van der Waals surface area contributed by atoms with E-state index in [1.54, 1.807) is 0 Å². The lowest BCUT2D eigenvalue weighted by atomic mass is 9.81. The van der Waals surface area contributed by atoms with Gasteiger partial charge in [-0.2, -0.15) is 0 Å². The van der Waals surface area contributed by atoms with Crippen molar-refractivity contribution in [3.05, 3.63) is 251 Å². The zero-order valence-corrected chi connectivity index (χ0v) is 42.5. The van der Waals surface area contributed by atoms with Crippen molar-refractivity contribution in [1.82, 2.24) is 0 Å². The first-order valence-electron chi connectivity index (χ1n) is 25.8. The molecule has 0 N–H and O–H groups in total. The predicted octanol–water partition coefficient (Wildman–Crippen LogP) is 19.0. The number of fused-ring (bicyclic) bond motifs is 13. The van der Waals surface area contributed by atoms with Gasteiger partial charge in [-0.1, -0.05) is 195 Å². The minimum Gasteiger partial charge on any atom is -0.310 e. The molecule has 0 radical (unpaired) electrons. The molecule has 10 aromatic carbocycles. The lowest BCUT2D eigenvalue weighted by Gasteiger charge is -2.31. The Balaban J connectivity index is 0.915. The summed E-state index contributed by atoms with van der Waals surface area (Å²) in [4.78, 5) is 5.04. The summed E-state index contributed by atoms with van der Waals surface area (Å²) in [6, 6.07) is 78.5. The predicted molar refractivity (Wildman–Crippen MR) is 304 cm³/mol. The summed E-state index contributed by atoms with van der Waals surface area (Å²) in [6.07, 6.45) is 0. The first-order valence-corrected chi connectivity index (χ1v) is 25.8. The van der Waals surface area contributed by atoms with Gasteiger partial charge in [0.25, 0.3) is 0 Å². The summed E-state index contributed by atoms with van der Waals surface area (Å²) in [5, 5.41) is 2.46. The second-order valence-corrected chi connectivity index (χ2v) is 23.0. The third-order valence-electron chi connectivity index (χ3n) is 17.6. The van der Waals surface area contributed by atoms with E-state index < -0.39 is 0 Å². The molecular formula is C70H58N2. The second-order valence-electron chi connectivity index (χ2n) is 23.0. The molecular weight excluding hydrogens is 869 g/mol. The average molecular weight is 927 g/mol. The van der Waals surface area contributed by atoms with Gasteiger partial charge in [-0.15, -0.1) is 0 Å². The van der Waals surface area contributed by atoms with E-state index in [1.165, 1.54) is 123 Å². The molecule has 4 aliphatic carbocycles. The first kappa shape index (κ1) is 42.9. The van der Waals surface area contributed by atoms with E-state index in [9.17, 15) is 0 Å². The van der Waals surface area contributed by atoms with Crippen LogP contribution in [0.25, 0.3) is 55.3 Å². The average Bonchev–Trinajstić information content (AvgIpc) is 3.96. The first-order chi connectivity index (χ1) is 34.7. The quantitative estimate of drug-likeness (QED) is 0.164. The fraction of sp³-hybridized carbons (Fsp3) is 0.171. The Bertz CT molecular complexity index is 3840. The van der Waals surface area contributed by atoms with Crippen LogP contribution in [0, 0.1) is 0 Å². The van der Waals surface area contributed by atoms with Crippen LogP contribution in [0.4, 0.5) is 34.1 Å². The van der Waals surface area contributed by atoms with E-state index >= 15 is 0 Å². The molecule has 0 saturated heterocycles. The maximum atomic E-state index is 2.53. The summed E-state index contributed by atoms with van der Waals surface area (Å²) in [7, 11) is 0. The van der Waals surface area contributed by atoms with E-state index in [4.69, 9.17) is 0 Å². The lowest BCUT2D eigenvalue weighted by molar-refractivity contribution is 0.659. The standard InChI is InChI=1S/C70H58N2/c1-67(2)58-24-14-11-21-50(58)53-33-28-44(38-61(53)67)71(45-29-34-54-51-22-12-15-25-59(51)68(3,4)62(54)39-45)46-30-35-56-57-37-32-48(42-65(57)70(7,8)64(56)40-46)72(66-27-17-19-43-18-9-10-20-49(43)66)47-31-36-55-52-23-13-16-26-60(52)69(5,6)63(55)41-47/h9-42H,1-8H3. The molecule has 10 aromatic rings. The monoisotopic (exact) mass is 926 g/mol. The van der Waals surface area contributed by atoms with Crippen LogP contribution in [0.5, 0.6) is 0 Å². The normalized spacial score (nSPS) is 15.9. The van der Waals surface area contributed by atoms with Gasteiger partial charge in [0.05, 0.1) is 5.69 Å². The van der Waals surface area contributed by atoms with Crippen LogP contribution < -0.4 is 9.80 Å². The van der Waals surface area contributed by atoms with Gasteiger partial charge in [0, 0.05) is 55.5 Å². The fourth-order valence-corrected chi connectivity index (χ4v) is 13.8. The Morgan fingerprint density at radius 1 is 0.236 bits per heavy atom. The van der Waals surface area contributed by atoms with E-state index in [0.717, 1.165) is 11.4 Å². The number of anilines is 6. The molecule has 2 nitrogen and oxygen atoms in total. The zero-order valence-electron chi connectivity index (χ0n) is 42.5. The topological polar surface area (TPSA) is 6.48 Å². The van der Waals surface area contributed by atoms with Gasteiger partial charge in [0.2, 0.25) is 0 Å². The molecule has 0 bridgehead atoms. The Hall–Kier alpha value is -7.94. The minimum absolute atomic E-state index is 0.123. The molecule has 14 rings (SSSR count). The van der Waals surface area contributed by atoms with Crippen molar-refractivity contribution in [2.45, 2.75) is 77.0 Å². The maximum Gasteiger partial charge on any atom is 0.0540 e. The number of hydrogen-bond donors (Lipinski definition) is 0. The third kappa shape index (κ3) is 5.84. The lowest BCUT2D eigenvalue weighted by Crippen LogP contribution is -2.19. The summed E-state index contributed by atoms with van der Waals surface area (Å²) >= 11 is 0. The van der Waals surface area contributed by atoms with Gasteiger partial charge in [0.1, 0.15) is 0 Å². The summed E-state index contributed by atoms with van der Waals surface area (Å²) in [5.41, 5.74) is 27.9. The zero-order chi connectivity index (χ0) is 49.1. The SMILES string of the molecule is CC1(C)c2ccccc2-c2ccc(N(c3ccc4c(c3)C(C)(C)c3ccccc3-4)c3ccc4c(c3)C(C)(C)c3cc(N(c5ccc6c(c5)C(C)(C)c5ccccc5-6)c5cccc6ccccc56)ccc3-4)cc21. The van der Waals surface area contributed by atoms with Crippen LogP contribution in [0.2, 0.25) is 0 Å². The van der Waals surface area contributed by atoms with Gasteiger partial charge in [0.15, 0.2) is 0 Å². The van der Waals surface area contributed by atoms with E-state index in [0.29, 0.717) is 0 Å². The van der Waals surface area contributed by atoms with Gasteiger partial charge < -0.3 is 9.80 Å². The molecule has 0 amide bonds. The Kier molecular flexibility index (Phi) is 8.82. The summed E-state index contributed by atoms with van der Waals surface area (Å²) < 4.78 is 0. The van der Waals surface area contributed by atoms with Crippen molar-refractivity contribution in [3.63, 3.8) is 0 Å². The minimum atomic E-state index is -0.294. The van der Waals surface area contributed by atoms with Gasteiger partial charge in [-0.3, -0.25) is 0 Å². The summed E-state index contributed by atoms with van der Waals surface area (Å²) in [6.45, 7) is 19.2. The number of hydrogen-bond acceptors (Lipinski definition) is 2. The Labute approximate surface area is 424 Å². The summed E-state index contributed by atoms with van der Waals surface area (Å²) in [5.74, 6) is 0. The molecule has 2 heteroatoms. The molecule has 0 spiro atoms. The molecule has 72 heavy (non-hydrogen) atoms. The van der Waals surface area contributed by atoms with Crippen LogP contribution in [0.1, 0.15) is 99.9 Å². The van der Waals surface area contributed by atoms with Crippen LogP contribution in [-0.2, 0) is 21.7 Å². The third-order valence-corrected chi connectivity index (χ3v) is 17.6. The smallest absolute Gasteiger partial charge is 0.0540 e. The van der Waals surface area contributed by atoms with Gasteiger partial charge in [-0.05, 0) is 161 Å². The van der Waals surface area contributed by atoms with E-state index in [1.807, 2.05) is 0 Å². The second kappa shape index (κ2) is 14.8. The molecule has 0 heterocycles. The Morgan fingerprint density at radius 2 is 0.514 bits per heavy atom. The molecule has 4 aliphatic rings. The molecule has 348 valence electrons.